The van der Waals surface area contributed by atoms with E-state index in [-0.39, 0.29) is 11.3 Å². The molecular weight excluding hydrogens is 243 g/mol. The van der Waals surface area contributed by atoms with E-state index >= 15 is 0 Å². The molecule has 92 valence electrons. The smallest absolute Gasteiger partial charge is 0.295 e. The minimum atomic E-state index is -4.54. The van der Waals surface area contributed by atoms with E-state index in [9.17, 15) is 13.2 Å². The van der Waals surface area contributed by atoms with Gasteiger partial charge in [0.25, 0.3) is 0 Å². The Balaban J connectivity index is 2.38. The zero-order chi connectivity index (χ0) is 13.2. The minimum absolute atomic E-state index is 0.262. The van der Waals surface area contributed by atoms with Gasteiger partial charge in [0, 0.05) is 12.4 Å². The standard InChI is InChI=1S/C12H8F3N3/c13-12(14,15)11-7-10(4-3-9(11)8-16)17-18-5-1-2-6-18/h1-7,17H. The van der Waals surface area contributed by atoms with E-state index in [0.717, 1.165) is 12.1 Å². The van der Waals surface area contributed by atoms with E-state index in [0.29, 0.717) is 0 Å². The van der Waals surface area contributed by atoms with Crippen LogP contribution in [0, 0.1) is 11.3 Å². The van der Waals surface area contributed by atoms with Crippen LogP contribution in [0.3, 0.4) is 0 Å². The molecule has 18 heavy (non-hydrogen) atoms. The van der Waals surface area contributed by atoms with Gasteiger partial charge >= 0.3 is 6.18 Å². The first-order valence-corrected chi connectivity index (χ1v) is 5.02. The van der Waals surface area contributed by atoms with E-state index < -0.39 is 11.7 Å². The van der Waals surface area contributed by atoms with Gasteiger partial charge in [0.1, 0.15) is 0 Å². The third kappa shape index (κ3) is 2.46. The molecule has 0 aliphatic carbocycles. The van der Waals surface area contributed by atoms with Crippen molar-refractivity contribution in [1.29, 1.82) is 5.26 Å². The molecular formula is C12H8F3N3. The molecule has 1 aromatic carbocycles. The molecule has 0 amide bonds. The molecule has 3 nitrogen and oxygen atoms in total. The molecule has 0 aliphatic rings. The zero-order valence-corrected chi connectivity index (χ0v) is 9.07. The van der Waals surface area contributed by atoms with Crippen molar-refractivity contribution in [2.45, 2.75) is 6.18 Å². The lowest BCUT2D eigenvalue weighted by atomic mass is 10.1. The average Bonchev–Trinajstić information content (AvgIpc) is 2.80. The molecule has 0 unspecified atom stereocenters. The first-order valence-electron chi connectivity index (χ1n) is 5.02. The summed E-state index contributed by atoms with van der Waals surface area (Å²) < 4.78 is 39.6. The van der Waals surface area contributed by atoms with Crippen LogP contribution in [0.4, 0.5) is 18.9 Å². The summed E-state index contributed by atoms with van der Waals surface area (Å²) in [7, 11) is 0. The van der Waals surface area contributed by atoms with Gasteiger partial charge in [0.05, 0.1) is 22.9 Å². The molecule has 2 rings (SSSR count). The summed E-state index contributed by atoms with van der Waals surface area (Å²) >= 11 is 0. The number of rotatable bonds is 2. The number of aromatic nitrogens is 1. The lowest BCUT2D eigenvalue weighted by Crippen LogP contribution is -2.11. The largest absolute Gasteiger partial charge is 0.417 e. The maximum atomic E-state index is 12.7. The normalized spacial score (nSPS) is 11.0. The van der Waals surface area contributed by atoms with E-state index in [1.54, 1.807) is 24.5 Å². The van der Waals surface area contributed by atoms with Gasteiger partial charge < -0.3 is 0 Å². The summed E-state index contributed by atoms with van der Waals surface area (Å²) in [6, 6.07) is 8.50. The average molecular weight is 251 g/mol. The van der Waals surface area contributed by atoms with Crippen molar-refractivity contribution in [2.24, 2.45) is 0 Å². The van der Waals surface area contributed by atoms with E-state index in [1.165, 1.54) is 16.8 Å². The Morgan fingerprint density at radius 1 is 1.17 bits per heavy atom. The Morgan fingerprint density at radius 3 is 2.39 bits per heavy atom. The molecule has 1 aromatic heterocycles. The topological polar surface area (TPSA) is 40.8 Å². The minimum Gasteiger partial charge on any atom is -0.295 e. The number of halogens is 3. The van der Waals surface area contributed by atoms with Crippen molar-refractivity contribution >= 4 is 5.69 Å². The Kier molecular flexibility index (Phi) is 2.98. The molecule has 0 saturated heterocycles. The second kappa shape index (κ2) is 4.45. The van der Waals surface area contributed by atoms with Gasteiger partial charge in [-0.15, -0.1) is 0 Å². The number of benzene rings is 1. The lowest BCUT2D eigenvalue weighted by molar-refractivity contribution is -0.137. The molecule has 1 N–H and O–H groups in total. The molecule has 0 atom stereocenters. The summed E-state index contributed by atoms with van der Waals surface area (Å²) in [6.45, 7) is 0. The van der Waals surface area contributed by atoms with Crippen molar-refractivity contribution in [3.63, 3.8) is 0 Å². The van der Waals surface area contributed by atoms with Crippen LogP contribution in [0.15, 0.2) is 42.7 Å². The number of hydrogen-bond donors (Lipinski definition) is 1. The van der Waals surface area contributed by atoms with Gasteiger partial charge in [-0.25, -0.2) is 0 Å². The fraction of sp³-hybridized carbons (Fsp3) is 0.0833. The van der Waals surface area contributed by atoms with Crippen LogP contribution in [-0.2, 0) is 6.18 Å². The predicted octanol–water partition coefficient (Wildman–Crippen LogP) is 3.25. The van der Waals surface area contributed by atoms with Gasteiger partial charge in [-0.3, -0.25) is 10.1 Å². The molecule has 0 spiro atoms. The molecule has 6 heteroatoms. The van der Waals surface area contributed by atoms with E-state index in [4.69, 9.17) is 5.26 Å². The fourth-order valence-corrected chi connectivity index (χ4v) is 1.50. The first-order chi connectivity index (χ1) is 8.50. The number of hydrogen-bond acceptors (Lipinski definition) is 2. The predicted molar refractivity (Wildman–Crippen MR) is 59.6 cm³/mol. The third-order valence-electron chi connectivity index (χ3n) is 2.31. The maximum Gasteiger partial charge on any atom is 0.417 e. The number of anilines is 1. The van der Waals surface area contributed by atoms with Crippen LogP contribution in [0.2, 0.25) is 0 Å². The van der Waals surface area contributed by atoms with Crippen LogP contribution >= 0.6 is 0 Å². The van der Waals surface area contributed by atoms with Gasteiger partial charge in [-0.1, -0.05) is 0 Å². The van der Waals surface area contributed by atoms with Gasteiger partial charge in [0.2, 0.25) is 0 Å². The summed E-state index contributed by atoms with van der Waals surface area (Å²) in [5.74, 6) is 0. The highest BCUT2D eigenvalue weighted by Gasteiger charge is 2.33. The van der Waals surface area contributed by atoms with Crippen molar-refractivity contribution in [2.75, 3.05) is 5.43 Å². The fourth-order valence-electron chi connectivity index (χ4n) is 1.50. The van der Waals surface area contributed by atoms with Crippen molar-refractivity contribution < 1.29 is 13.2 Å². The Labute approximate surface area is 101 Å². The molecule has 2 aromatic rings. The highest BCUT2D eigenvalue weighted by atomic mass is 19.4. The van der Waals surface area contributed by atoms with Crippen molar-refractivity contribution in [3.8, 4) is 6.07 Å². The van der Waals surface area contributed by atoms with E-state index in [1.807, 2.05) is 0 Å². The van der Waals surface area contributed by atoms with Gasteiger partial charge in [0.15, 0.2) is 0 Å². The van der Waals surface area contributed by atoms with Gasteiger partial charge in [-0.05, 0) is 30.3 Å². The molecule has 0 radical (unpaired) electrons. The number of alkyl halides is 3. The second-order valence-corrected chi connectivity index (χ2v) is 3.57. The Hall–Kier alpha value is -2.42. The van der Waals surface area contributed by atoms with Crippen molar-refractivity contribution in [1.82, 2.24) is 4.68 Å². The first kappa shape index (κ1) is 12.0. The monoisotopic (exact) mass is 251 g/mol. The lowest BCUT2D eigenvalue weighted by Gasteiger charge is -2.12. The molecule has 0 fully saturated rings. The third-order valence-corrected chi connectivity index (χ3v) is 2.31. The molecule has 0 bridgehead atoms. The van der Waals surface area contributed by atoms with Crippen LogP contribution in [0.1, 0.15) is 11.1 Å². The maximum absolute atomic E-state index is 12.7. The van der Waals surface area contributed by atoms with Crippen LogP contribution in [0.25, 0.3) is 0 Å². The van der Waals surface area contributed by atoms with Gasteiger partial charge in [-0.2, -0.15) is 18.4 Å². The number of nitrogens with zero attached hydrogens (tertiary/aromatic N) is 2. The highest BCUT2D eigenvalue weighted by Crippen LogP contribution is 2.33. The summed E-state index contributed by atoms with van der Waals surface area (Å²) in [5, 5.41) is 8.65. The summed E-state index contributed by atoms with van der Waals surface area (Å²) in [5.41, 5.74) is 1.69. The van der Waals surface area contributed by atoms with Crippen LogP contribution < -0.4 is 5.43 Å². The SMILES string of the molecule is N#Cc1ccc(Nn2cccc2)cc1C(F)(F)F. The van der Waals surface area contributed by atoms with Crippen LogP contribution in [-0.4, -0.2) is 4.68 Å². The zero-order valence-electron chi connectivity index (χ0n) is 9.07. The molecule has 0 saturated carbocycles. The second-order valence-electron chi connectivity index (χ2n) is 3.57. The summed E-state index contributed by atoms with van der Waals surface area (Å²) in [4.78, 5) is 0. The van der Waals surface area contributed by atoms with E-state index in [2.05, 4.69) is 5.43 Å². The van der Waals surface area contributed by atoms with Crippen LogP contribution in [0.5, 0.6) is 0 Å². The van der Waals surface area contributed by atoms with Crippen molar-refractivity contribution in [3.05, 3.63) is 53.9 Å². The number of nitriles is 1. The molecule has 0 aliphatic heterocycles. The number of nitrogens with one attached hydrogen (secondary N) is 1. The quantitative estimate of drug-likeness (QED) is 0.890. The summed E-state index contributed by atoms with van der Waals surface area (Å²) in [6.07, 6.45) is -1.23. The Morgan fingerprint density at radius 2 is 1.83 bits per heavy atom. The Bertz CT molecular complexity index is 580. The highest BCUT2D eigenvalue weighted by molar-refractivity contribution is 5.52. The molecule has 1 heterocycles.